The van der Waals surface area contributed by atoms with Crippen LogP contribution in [-0.2, 0) is 4.79 Å². The van der Waals surface area contributed by atoms with Gasteiger partial charge in [-0.05, 0) is 37.1 Å². The molecule has 1 saturated carbocycles. The molecule has 1 heterocycles. The normalized spacial score (nSPS) is 19.0. The van der Waals surface area contributed by atoms with E-state index in [1.807, 2.05) is 0 Å². The van der Waals surface area contributed by atoms with Crippen molar-refractivity contribution in [2.75, 3.05) is 18.0 Å². The molecule has 0 radical (unpaired) electrons. The number of carboxylic acid groups (broad SMARTS) is 1. The lowest BCUT2D eigenvalue weighted by Crippen LogP contribution is -2.43. The Labute approximate surface area is 120 Å². The summed E-state index contributed by atoms with van der Waals surface area (Å²) in [5, 5.41) is 14.3. The number of hydrogen-bond donors (Lipinski definition) is 3. The molecule has 0 aromatic heterocycles. The maximum atomic E-state index is 12.0. The molecular weight excluding hydrogens is 274 g/mol. The van der Waals surface area contributed by atoms with Gasteiger partial charge in [0.25, 0.3) is 5.91 Å². The van der Waals surface area contributed by atoms with Crippen LogP contribution in [0.1, 0.15) is 23.2 Å². The number of urea groups is 1. The van der Waals surface area contributed by atoms with Gasteiger partial charge in [-0.1, -0.05) is 0 Å². The highest BCUT2D eigenvalue weighted by Gasteiger charge is 2.51. The number of carboxylic acids is 1. The molecule has 1 saturated heterocycles. The third-order valence-electron chi connectivity index (χ3n) is 3.81. The maximum Gasteiger partial charge on any atom is 0.329 e. The smallest absolute Gasteiger partial charge is 0.329 e. The molecule has 1 aliphatic carbocycles. The van der Waals surface area contributed by atoms with Crippen molar-refractivity contribution in [1.82, 2.24) is 10.6 Å². The summed E-state index contributed by atoms with van der Waals surface area (Å²) in [6, 6.07) is 6.39. The highest BCUT2D eigenvalue weighted by atomic mass is 16.4. The number of anilines is 1. The topological polar surface area (TPSA) is 98.7 Å². The monoisotopic (exact) mass is 289 g/mol. The molecule has 0 atom stereocenters. The van der Waals surface area contributed by atoms with Gasteiger partial charge < -0.3 is 15.7 Å². The predicted octanol–water partition coefficient (Wildman–Crippen LogP) is 0.563. The van der Waals surface area contributed by atoms with E-state index in [2.05, 4.69) is 10.6 Å². The van der Waals surface area contributed by atoms with Crippen molar-refractivity contribution in [3.05, 3.63) is 29.8 Å². The van der Waals surface area contributed by atoms with Gasteiger partial charge in [0.2, 0.25) is 0 Å². The standard InChI is InChI=1S/C14H15N3O4/c18-11(16-14(5-6-14)12(19)20)9-1-3-10(4-2-9)17-8-7-15-13(17)21/h1-4H,5-8H2,(H,15,21)(H,16,18)(H,19,20). The summed E-state index contributed by atoms with van der Waals surface area (Å²) in [5.74, 6) is -1.41. The number of aliphatic carboxylic acids is 1. The Kier molecular flexibility index (Phi) is 3.04. The summed E-state index contributed by atoms with van der Waals surface area (Å²) in [4.78, 5) is 36.2. The van der Waals surface area contributed by atoms with Crippen LogP contribution >= 0.6 is 0 Å². The van der Waals surface area contributed by atoms with Crippen LogP contribution < -0.4 is 15.5 Å². The summed E-state index contributed by atoms with van der Waals surface area (Å²) >= 11 is 0. The van der Waals surface area contributed by atoms with Crippen LogP contribution in [0.4, 0.5) is 10.5 Å². The van der Waals surface area contributed by atoms with Crippen molar-refractivity contribution in [3.63, 3.8) is 0 Å². The summed E-state index contributed by atoms with van der Waals surface area (Å²) in [6.07, 6.45) is 0.917. The average molecular weight is 289 g/mol. The molecule has 0 bridgehead atoms. The molecule has 2 aliphatic rings. The number of carbonyl (C=O) groups is 3. The van der Waals surface area contributed by atoms with E-state index in [4.69, 9.17) is 5.11 Å². The zero-order valence-corrected chi connectivity index (χ0v) is 11.3. The summed E-state index contributed by atoms with van der Waals surface area (Å²) in [5.41, 5.74) is -0.00304. The second-order valence-corrected chi connectivity index (χ2v) is 5.27. The van der Waals surface area contributed by atoms with Gasteiger partial charge in [0.1, 0.15) is 5.54 Å². The van der Waals surface area contributed by atoms with E-state index < -0.39 is 17.4 Å². The van der Waals surface area contributed by atoms with Gasteiger partial charge in [-0.3, -0.25) is 9.69 Å². The van der Waals surface area contributed by atoms with E-state index in [0.29, 0.717) is 37.2 Å². The Morgan fingerprint density at radius 3 is 2.38 bits per heavy atom. The molecule has 0 unspecified atom stereocenters. The zero-order chi connectivity index (χ0) is 15.0. The van der Waals surface area contributed by atoms with E-state index in [0.717, 1.165) is 0 Å². The van der Waals surface area contributed by atoms with Crippen LogP contribution in [0.25, 0.3) is 0 Å². The largest absolute Gasteiger partial charge is 0.480 e. The van der Waals surface area contributed by atoms with Crippen LogP contribution in [0.2, 0.25) is 0 Å². The zero-order valence-electron chi connectivity index (χ0n) is 11.3. The van der Waals surface area contributed by atoms with Gasteiger partial charge >= 0.3 is 12.0 Å². The Balaban J connectivity index is 1.71. The first-order chi connectivity index (χ1) is 10.0. The molecule has 2 fully saturated rings. The SMILES string of the molecule is O=C(NC1(C(=O)O)CC1)c1ccc(N2CCNC2=O)cc1. The number of nitrogens with one attached hydrogen (secondary N) is 2. The lowest BCUT2D eigenvalue weighted by Gasteiger charge is -2.15. The molecule has 1 aromatic rings. The van der Waals surface area contributed by atoms with Crippen molar-refractivity contribution in [3.8, 4) is 0 Å². The minimum Gasteiger partial charge on any atom is -0.480 e. The lowest BCUT2D eigenvalue weighted by atomic mass is 10.1. The van der Waals surface area contributed by atoms with Crippen molar-refractivity contribution >= 4 is 23.6 Å². The average Bonchev–Trinajstić information content (AvgIpc) is 3.13. The first-order valence-corrected chi connectivity index (χ1v) is 6.73. The fraction of sp³-hybridized carbons (Fsp3) is 0.357. The van der Waals surface area contributed by atoms with E-state index >= 15 is 0 Å². The Bertz CT molecular complexity index is 607. The third-order valence-corrected chi connectivity index (χ3v) is 3.81. The van der Waals surface area contributed by atoms with Gasteiger partial charge in [-0.15, -0.1) is 0 Å². The number of amides is 3. The van der Waals surface area contributed by atoms with Crippen molar-refractivity contribution in [1.29, 1.82) is 0 Å². The van der Waals surface area contributed by atoms with Crippen LogP contribution in [0, 0.1) is 0 Å². The first-order valence-electron chi connectivity index (χ1n) is 6.73. The number of rotatable bonds is 4. The molecule has 1 aliphatic heterocycles. The number of carbonyl (C=O) groups excluding carboxylic acids is 2. The molecule has 3 rings (SSSR count). The molecule has 110 valence electrons. The minimum absolute atomic E-state index is 0.157. The van der Waals surface area contributed by atoms with Crippen molar-refractivity contribution < 1.29 is 19.5 Å². The fourth-order valence-corrected chi connectivity index (χ4v) is 2.32. The van der Waals surface area contributed by atoms with Crippen LogP contribution in [0.15, 0.2) is 24.3 Å². The molecule has 7 nitrogen and oxygen atoms in total. The van der Waals surface area contributed by atoms with E-state index in [-0.39, 0.29) is 6.03 Å². The Morgan fingerprint density at radius 2 is 1.90 bits per heavy atom. The van der Waals surface area contributed by atoms with Crippen LogP contribution in [-0.4, -0.2) is 41.6 Å². The Hall–Kier alpha value is -2.57. The summed E-state index contributed by atoms with van der Waals surface area (Å²) in [7, 11) is 0. The number of benzene rings is 1. The second-order valence-electron chi connectivity index (χ2n) is 5.27. The number of nitrogens with zero attached hydrogens (tertiary/aromatic N) is 1. The first kappa shape index (κ1) is 13.4. The third kappa shape index (κ3) is 2.42. The molecule has 0 spiro atoms. The summed E-state index contributed by atoms with van der Waals surface area (Å²) in [6.45, 7) is 1.19. The molecule has 1 aromatic carbocycles. The predicted molar refractivity (Wildman–Crippen MR) is 74.3 cm³/mol. The van der Waals surface area contributed by atoms with Crippen LogP contribution in [0.5, 0.6) is 0 Å². The van der Waals surface area contributed by atoms with Gasteiger partial charge in [-0.25, -0.2) is 9.59 Å². The quantitative estimate of drug-likeness (QED) is 0.754. The van der Waals surface area contributed by atoms with Gasteiger partial charge in [0, 0.05) is 24.3 Å². The van der Waals surface area contributed by atoms with Gasteiger partial charge in [0.15, 0.2) is 0 Å². The van der Waals surface area contributed by atoms with E-state index in [9.17, 15) is 14.4 Å². The molecule has 21 heavy (non-hydrogen) atoms. The molecule has 7 heteroatoms. The van der Waals surface area contributed by atoms with E-state index in [1.54, 1.807) is 29.2 Å². The maximum absolute atomic E-state index is 12.0. The summed E-state index contributed by atoms with van der Waals surface area (Å²) < 4.78 is 0. The van der Waals surface area contributed by atoms with Crippen LogP contribution in [0.3, 0.4) is 0 Å². The molecular formula is C14H15N3O4. The highest BCUT2D eigenvalue weighted by molar-refractivity contribution is 6.00. The second kappa shape index (κ2) is 4.76. The van der Waals surface area contributed by atoms with Gasteiger partial charge in [0.05, 0.1) is 0 Å². The van der Waals surface area contributed by atoms with Crippen molar-refractivity contribution in [2.45, 2.75) is 18.4 Å². The Morgan fingerprint density at radius 1 is 1.24 bits per heavy atom. The van der Waals surface area contributed by atoms with E-state index in [1.165, 1.54) is 0 Å². The lowest BCUT2D eigenvalue weighted by molar-refractivity contribution is -0.140. The minimum atomic E-state index is -1.09. The van der Waals surface area contributed by atoms with Gasteiger partial charge in [-0.2, -0.15) is 0 Å². The fourth-order valence-electron chi connectivity index (χ4n) is 2.32. The number of hydrogen-bond acceptors (Lipinski definition) is 3. The molecule has 3 amide bonds. The van der Waals surface area contributed by atoms with Crippen molar-refractivity contribution in [2.24, 2.45) is 0 Å². The highest BCUT2D eigenvalue weighted by Crippen LogP contribution is 2.35. The molecule has 3 N–H and O–H groups in total.